The third-order valence-corrected chi connectivity index (χ3v) is 5.69. The average molecular weight is 396 g/mol. The number of rotatable bonds is 5. The quantitative estimate of drug-likeness (QED) is 0.814. The molecule has 0 radical (unpaired) electrons. The van der Waals surface area contributed by atoms with Gasteiger partial charge in [0.05, 0.1) is 11.8 Å². The smallest absolute Gasteiger partial charge is 0.291 e. The number of ether oxygens (including phenoxy) is 1. The molecule has 2 amide bonds. The topological polar surface area (TPSA) is 85.2 Å². The zero-order valence-electron chi connectivity index (χ0n) is 17.1. The summed E-state index contributed by atoms with van der Waals surface area (Å²) in [5, 5.41) is 5.91. The molecule has 4 rings (SSSR count). The predicted molar refractivity (Wildman–Crippen MR) is 110 cm³/mol. The van der Waals surface area contributed by atoms with E-state index in [-0.39, 0.29) is 17.9 Å². The average Bonchev–Trinajstić information content (AvgIpc) is 3.37. The highest BCUT2D eigenvalue weighted by molar-refractivity contribution is 6.04. The number of fused-ring (bicyclic) bond motifs is 1. The molecule has 0 aliphatic carbocycles. The van der Waals surface area contributed by atoms with Gasteiger partial charge < -0.3 is 19.9 Å². The Morgan fingerprint density at radius 3 is 2.86 bits per heavy atom. The lowest BCUT2D eigenvalue weighted by Gasteiger charge is -2.17. The molecular weight excluding hydrogens is 368 g/mol. The molecule has 1 fully saturated rings. The first-order valence-corrected chi connectivity index (χ1v) is 10.4. The van der Waals surface area contributed by atoms with E-state index in [1.54, 1.807) is 0 Å². The maximum Gasteiger partial charge on any atom is 0.291 e. The summed E-state index contributed by atoms with van der Waals surface area (Å²) in [5.41, 5.74) is 4.06. The van der Waals surface area contributed by atoms with E-state index in [0.29, 0.717) is 24.6 Å². The summed E-state index contributed by atoms with van der Waals surface area (Å²) in [4.78, 5) is 30.3. The molecule has 1 unspecified atom stereocenters. The van der Waals surface area contributed by atoms with Crippen LogP contribution >= 0.6 is 0 Å². The number of hydrogen-bond acceptors (Lipinski definition) is 4. The minimum absolute atomic E-state index is 0.0736. The van der Waals surface area contributed by atoms with Crippen molar-refractivity contribution in [3.05, 3.63) is 46.5 Å². The molecule has 2 aromatic rings. The maximum absolute atomic E-state index is 13.0. The number of nitrogens with one attached hydrogen (secondary N) is 2. The molecule has 2 aliphatic rings. The van der Waals surface area contributed by atoms with Crippen LogP contribution in [0.15, 0.2) is 18.2 Å². The second-order valence-corrected chi connectivity index (χ2v) is 7.96. The Morgan fingerprint density at radius 1 is 1.21 bits per heavy atom. The van der Waals surface area contributed by atoms with Gasteiger partial charge in [-0.15, -0.1) is 0 Å². The first kappa shape index (κ1) is 19.6. The van der Waals surface area contributed by atoms with Crippen LogP contribution in [0.5, 0.6) is 0 Å². The standard InChI is InChI=1S/C22H28N4O3/c1-14-8-9-15(2)17(12-14)24-22(28)20-25-19(18-7-3-4-10-26(18)20)21(27)23-13-16-6-5-11-29-16/h8-9,12,16H,3-7,10-11,13H2,1-2H3,(H,23,27)(H,24,28). The number of benzene rings is 1. The van der Waals surface area contributed by atoms with E-state index < -0.39 is 0 Å². The van der Waals surface area contributed by atoms with Gasteiger partial charge in [0.25, 0.3) is 11.8 Å². The van der Waals surface area contributed by atoms with Crippen molar-refractivity contribution >= 4 is 17.5 Å². The lowest BCUT2D eigenvalue weighted by Crippen LogP contribution is -2.32. The zero-order chi connectivity index (χ0) is 20.4. The summed E-state index contributed by atoms with van der Waals surface area (Å²) in [6.45, 7) is 5.89. The maximum atomic E-state index is 13.0. The molecule has 0 saturated carbocycles. The largest absolute Gasteiger partial charge is 0.376 e. The Morgan fingerprint density at radius 2 is 2.07 bits per heavy atom. The molecule has 2 aliphatic heterocycles. The molecule has 7 nitrogen and oxygen atoms in total. The monoisotopic (exact) mass is 396 g/mol. The van der Waals surface area contributed by atoms with Gasteiger partial charge in [-0.1, -0.05) is 12.1 Å². The lowest BCUT2D eigenvalue weighted by molar-refractivity contribution is 0.0853. The lowest BCUT2D eigenvalue weighted by atomic mass is 10.1. The number of imidazole rings is 1. The third kappa shape index (κ3) is 4.19. The summed E-state index contributed by atoms with van der Waals surface area (Å²) in [6.07, 6.45) is 4.80. The fourth-order valence-electron chi connectivity index (χ4n) is 4.04. The molecule has 0 bridgehead atoms. The normalized spacial score (nSPS) is 18.3. The third-order valence-electron chi connectivity index (χ3n) is 5.69. The number of anilines is 1. The van der Waals surface area contributed by atoms with Gasteiger partial charge in [-0.3, -0.25) is 9.59 Å². The Labute approximate surface area is 170 Å². The van der Waals surface area contributed by atoms with Crippen molar-refractivity contribution in [1.82, 2.24) is 14.9 Å². The van der Waals surface area contributed by atoms with Crippen LogP contribution in [0, 0.1) is 13.8 Å². The van der Waals surface area contributed by atoms with E-state index in [9.17, 15) is 9.59 Å². The predicted octanol–water partition coefficient (Wildman–Crippen LogP) is 3.00. The summed E-state index contributed by atoms with van der Waals surface area (Å²) >= 11 is 0. The fourth-order valence-corrected chi connectivity index (χ4v) is 4.04. The molecule has 1 aromatic heterocycles. The minimum Gasteiger partial charge on any atom is -0.376 e. The van der Waals surface area contributed by atoms with E-state index in [1.165, 1.54) is 0 Å². The number of aryl methyl sites for hydroxylation is 2. The second-order valence-electron chi connectivity index (χ2n) is 7.96. The van der Waals surface area contributed by atoms with Gasteiger partial charge in [-0.25, -0.2) is 4.98 Å². The van der Waals surface area contributed by atoms with Crippen LogP contribution in [0.25, 0.3) is 0 Å². The first-order chi connectivity index (χ1) is 14.0. The van der Waals surface area contributed by atoms with Gasteiger partial charge in [0, 0.05) is 25.4 Å². The van der Waals surface area contributed by atoms with Crippen LogP contribution in [0.4, 0.5) is 5.69 Å². The van der Waals surface area contributed by atoms with E-state index >= 15 is 0 Å². The van der Waals surface area contributed by atoms with Crippen molar-refractivity contribution < 1.29 is 14.3 Å². The summed E-state index contributed by atoms with van der Waals surface area (Å²) in [7, 11) is 0. The number of carbonyl (C=O) groups is 2. The van der Waals surface area contributed by atoms with Gasteiger partial charge in [-0.2, -0.15) is 0 Å². The van der Waals surface area contributed by atoms with E-state index in [2.05, 4.69) is 15.6 Å². The Balaban J connectivity index is 1.56. The fraction of sp³-hybridized carbons (Fsp3) is 0.500. The van der Waals surface area contributed by atoms with Crippen LogP contribution in [-0.2, 0) is 17.7 Å². The Bertz CT molecular complexity index is 928. The Hall–Kier alpha value is -2.67. The zero-order valence-corrected chi connectivity index (χ0v) is 17.1. The van der Waals surface area contributed by atoms with Crippen molar-refractivity contribution in [3.8, 4) is 0 Å². The SMILES string of the molecule is Cc1ccc(C)c(NC(=O)c2nc(C(=O)NCC3CCCO3)c3n2CCCC3)c1. The van der Waals surface area contributed by atoms with Crippen LogP contribution in [0.3, 0.4) is 0 Å². The van der Waals surface area contributed by atoms with Crippen LogP contribution < -0.4 is 10.6 Å². The number of hydrogen-bond donors (Lipinski definition) is 2. The second kappa shape index (κ2) is 8.37. The molecular formula is C22H28N4O3. The number of carbonyl (C=O) groups excluding carboxylic acids is 2. The van der Waals surface area contributed by atoms with E-state index in [4.69, 9.17) is 4.74 Å². The van der Waals surface area contributed by atoms with Crippen molar-refractivity contribution in [3.63, 3.8) is 0 Å². The highest BCUT2D eigenvalue weighted by Gasteiger charge is 2.28. The molecule has 1 saturated heterocycles. The summed E-state index contributed by atoms with van der Waals surface area (Å²) in [6, 6.07) is 5.94. The molecule has 7 heteroatoms. The van der Waals surface area contributed by atoms with Gasteiger partial charge in [-0.05, 0) is 63.1 Å². The molecule has 29 heavy (non-hydrogen) atoms. The molecule has 1 aromatic carbocycles. The highest BCUT2D eigenvalue weighted by atomic mass is 16.5. The molecule has 0 spiro atoms. The van der Waals surface area contributed by atoms with Crippen molar-refractivity contribution in [2.75, 3.05) is 18.5 Å². The van der Waals surface area contributed by atoms with Gasteiger partial charge in [0.15, 0.2) is 5.82 Å². The van der Waals surface area contributed by atoms with Gasteiger partial charge in [0.1, 0.15) is 5.69 Å². The number of nitrogens with zero attached hydrogens (tertiary/aromatic N) is 2. The number of aromatic nitrogens is 2. The number of amides is 2. The van der Waals surface area contributed by atoms with Crippen molar-refractivity contribution in [1.29, 1.82) is 0 Å². The Kier molecular flexibility index (Phi) is 5.67. The van der Waals surface area contributed by atoms with E-state index in [1.807, 2.05) is 36.6 Å². The van der Waals surface area contributed by atoms with Crippen LogP contribution in [-0.4, -0.2) is 40.6 Å². The van der Waals surface area contributed by atoms with Crippen LogP contribution in [0.1, 0.15) is 63.6 Å². The summed E-state index contributed by atoms with van der Waals surface area (Å²) < 4.78 is 7.49. The molecule has 1 atom stereocenters. The van der Waals surface area contributed by atoms with Gasteiger partial charge >= 0.3 is 0 Å². The van der Waals surface area contributed by atoms with Crippen molar-refractivity contribution in [2.45, 2.75) is 58.6 Å². The molecule has 154 valence electrons. The first-order valence-electron chi connectivity index (χ1n) is 10.4. The summed E-state index contributed by atoms with van der Waals surface area (Å²) in [5.74, 6) is -0.195. The highest BCUT2D eigenvalue weighted by Crippen LogP contribution is 2.23. The van der Waals surface area contributed by atoms with E-state index in [0.717, 1.165) is 61.2 Å². The minimum atomic E-state index is -0.278. The molecule has 3 heterocycles. The molecule has 2 N–H and O–H groups in total. The van der Waals surface area contributed by atoms with Crippen LogP contribution in [0.2, 0.25) is 0 Å². The van der Waals surface area contributed by atoms with Crippen molar-refractivity contribution in [2.24, 2.45) is 0 Å². The van der Waals surface area contributed by atoms with Gasteiger partial charge in [0.2, 0.25) is 0 Å².